The van der Waals surface area contributed by atoms with Crippen LogP contribution in [0.15, 0.2) is 48.8 Å². The Morgan fingerprint density at radius 3 is 2.63 bits per heavy atom. The number of carbonyl (C=O) groups is 1. The van der Waals surface area contributed by atoms with Gasteiger partial charge in [-0.3, -0.25) is 9.78 Å². The predicted molar refractivity (Wildman–Crippen MR) is 100 cm³/mol. The lowest BCUT2D eigenvalue weighted by Gasteiger charge is -2.36. The molecule has 7 heteroatoms. The first-order valence-electron chi connectivity index (χ1n) is 8.88. The highest BCUT2D eigenvalue weighted by Gasteiger charge is 2.32. The van der Waals surface area contributed by atoms with Crippen molar-refractivity contribution in [3.8, 4) is 0 Å². The highest BCUT2D eigenvalue weighted by Crippen LogP contribution is 2.34. The minimum atomic E-state index is -4.34. The molecule has 1 fully saturated rings. The van der Waals surface area contributed by atoms with Gasteiger partial charge in [-0.1, -0.05) is 18.2 Å². The van der Waals surface area contributed by atoms with E-state index in [2.05, 4.69) is 4.98 Å². The molecule has 2 aromatic rings. The molecule has 1 aliphatic rings. The molecule has 1 aromatic carbocycles. The minimum Gasteiger partial charge on any atom is -0.335 e. The van der Waals surface area contributed by atoms with E-state index in [1.807, 2.05) is 17.0 Å². The lowest BCUT2D eigenvalue weighted by atomic mass is 9.94. The van der Waals surface area contributed by atoms with Gasteiger partial charge < -0.3 is 4.90 Å². The van der Waals surface area contributed by atoms with Crippen molar-refractivity contribution in [3.05, 3.63) is 65.5 Å². The number of carbonyl (C=O) groups excluding carboxylic acids is 1. The van der Waals surface area contributed by atoms with E-state index in [0.29, 0.717) is 18.1 Å². The third-order valence-electron chi connectivity index (χ3n) is 4.66. The van der Waals surface area contributed by atoms with Gasteiger partial charge >= 0.3 is 6.18 Å². The smallest absolute Gasteiger partial charge is 0.335 e. The summed E-state index contributed by atoms with van der Waals surface area (Å²) in [5, 5.41) is 0. The molecule has 0 N–H and O–H groups in total. The van der Waals surface area contributed by atoms with E-state index in [4.69, 9.17) is 0 Å². The third-order valence-corrected chi connectivity index (χ3v) is 5.65. The van der Waals surface area contributed by atoms with Gasteiger partial charge in [0, 0.05) is 24.7 Å². The summed E-state index contributed by atoms with van der Waals surface area (Å²) in [5.74, 6) is 1.10. The van der Waals surface area contributed by atoms with E-state index in [1.54, 1.807) is 12.4 Å². The zero-order valence-corrected chi connectivity index (χ0v) is 15.6. The van der Waals surface area contributed by atoms with Crippen molar-refractivity contribution < 1.29 is 18.0 Å². The number of aromatic nitrogens is 1. The number of hydrogen-bond donors (Lipinski definition) is 0. The first kappa shape index (κ1) is 19.7. The van der Waals surface area contributed by atoms with Crippen LogP contribution >= 0.6 is 11.8 Å². The van der Waals surface area contributed by atoms with Gasteiger partial charge in [0.05, 0.1) is 17.4 Å². The average molecular weight is 394 g/mol. The third kappa shape index (κ3) is 5.25. The number of piperidine rings is 1. The monoisotopic (exact) mass is 394 g/mol. The van der Waals surface area contributed by atoms with Crippen molar-refractivity contribution in [3.63, 3.8) is 0 Å². The van der Waals surface area contributed by atoms with E-state index in [-0.39, 0.29) is 11.9 Å². The second kappa shape index (κ2) is 8.78. The Hall–Kier alpha value is -2.02. The van der Waals surface area contributed by atoms with Crippen LogP contribution in [0.1, 0.15) is 42.0 Å². The van der Waals surface area contributed by atoms with Gasteiger partial charge in [-0.2, -0.15) is 13.2 Å². The molecule has 1 amide bonds. The molecule has 1 atom stereocenters. The number of alkyl halides is 3. The first-order chi connectivity index (χ1) is 12.9. The van der Waals surface area contributed by atoms with Crippen LogP contribution in [0.5, 0.6) is 0 Å². The van der Waals surface area contributed by atoms with Gasteiger partial charge in [-0.15, -0.1) is 11.8 Å². The number of thioether (sulfide) groups is 1. The van der Waals surface area contributed by atoms with Crippen LogP contribution in [0.25, 0.3) is 0 Å². The van der Waals surface area contributed by atoms with E-state index in [1.165, 1.54) is 23.9 Å². The Bertz CT molecular complexity index is 750. The van der Waals surface area contributed by atoms with E-state index in [0.717, 1.165) is 42.5 Å². The van der Waals surface area contributed by atoms with Crippen LogP contribution in [-0.2, 0) is 16.7 Å². The molecule has 1 saturated heterocycles. The van der Waals surface area contributed by atoms with Crippen molar-refractivity contribution >= 4 is 17.7 Å². The number of benzene rings is 1. The number of likely N-dealkylation sites (tertiary alicyclic amines) is 1. The summed E-state index contributed by atoms with van der Waals surface area (Å²) in [6, 6.07) is 8.89. The average Bonchev–Trinajstić information content (AvgIpc) is 2.68. The summed E-state index contributed by atoms with van der Waals surface area (Å²) < 4.78 is 38.3. The van der Waals surface area contributed by atoms with Gasteiger partial charge in [-0.25, -0.2) is 0 Å². The number of amides is 1. The minimum absolute atomic E-state index is 0.0356. The Kier molecular flexibility index (Phi) is 6.42. The predicted octanol–water partition coefficient (Wildman–Crippen LogP) is 5.09. The van der Waals surface area contributed by atoms with Crippen molar-refractivity contribution in [1.29, 1.82) is 0 Å². The molecule has 144 valence electrons. The standard InChI is InChI=1S/C20H21F3N2OS/c21-20(22,23)17-8-6-16(7-9-17)18-5-1-2-11-25(18)19(26)14-27-13-15-4-3-10-24-12-15/h3-4,6-10,12,18H,1-2,5,11,13-14H2. The largest absolute Gasteiger partial charge is 0.416 e. The fraction of sp³-hybridized carbons (Fsp3) is 0.400. The van der Waals surface area contributed by atoms with Crippen molar-refractivity contribution in [2.45, 2.75) is 37.2 Å². The molecule has 2 heterocycles. The molecule has 1 unspecified atom stereocenters. The fourth-order valence-corrected chi connectivity index (χ4v) is 4.14. The van der Waals surface area contributed by atoms with Crippen molar-refractivity contribution in [1.82, 2.24) is 9.88 Å². The zero-order chi connectivity index (χ0) is 19.3. The molecule has 0 spiro atoms. The second-order valence-electron chi connectivity index (χ2n) is 6.57. The van der Waals surface area contributed by atoms with E-state index in [9.17, 15) is 18.0 Å². The molecule has 27 heavy (non-hydrogen) atoms. The lowest BCUT2D eigenvalue weighted by molar-refractivity contribution is -0.137. The van der Waals surface area contributed by atoms with Gasteiger partial charge in [0.2, 0.25) is 5.91 Å². The number of nitrogens with zero attached hydrogens (tertiary/aromatic N) is 2. The Morgan fingerprint density at radius 1 is 1.19 bits per heavy atom. The zero-order valence-electron chi connectivity index (χ0n) is 14.8. The summed E-state index contributed by atoms with van der Waals surface area (Å²) >= 11 is 1.53. The summed E-state index contributed by atoms with van der Waals surface area (Å²) in [4.78, 5) is 18.6. The molecular formula is C20H21F3N2OS. The van der Waals surface area contributed by atoms with Crippen LogP contribution < -0.4 is 0 Å². The quantitative estimate of drug-likeness (QED) is 0.708. The highest BCUT2D eigenvalue weighted by atomic mass is 32.2. The van der Waals surface area contributed by atoms with Crippen LogP contribution in [0.3, 0.4) is 0 Å². The Morgan fingerprint density at radius 2 is 1.96 bits per heavy atom. The Labute approximate surface area is 161 Å². The van der Waals surface area contributed by atoms with Crippen LogP contribution in [0.2, 0.25) is 0 Å². The molecule has 0 radical (unpaired) electrons. The molecule has 0 aliphatic carbocycles. The van der Waals surface area contributed by atoms with Gasteiger partial charge in [0.1, 0.15) is 0 Å². The van der Waals surface area contributed by atoms with E-state index < -0.39 is 11.7 Å². The fourth-order valence-electron chi connectivity index (χ4n) is 3.29. The maximum atomic E-state index is 12.8. The van der Waals surface area contributed by atoms with Crippen molar-refractivity contribution in [2.75, 3.05) is 12.3 Å². The summed E-state index contributed by atoms with van der Waals surface area (Å²) in [6.07, 6.45) is 1.83. The lowest BCUT2D eigenvalue weighted by Crippen LogP contribution is -2.39. The molecular weight excluding hydrogens is 373 g/mol. The summed E-state index contributed by atoms with van der Waals surface area (Å²) in [6.45, 7) is 0.651. The SMILES string of the molecule is O=C(CSCc1cccnc1)N1CCCCC1c1ccc(C(F)(F)F)cc1. The highest BCUT2D eigenvalue weighted by molar-refractivity contribution is 7.99. The van der Waals surface area contributed by atoms with Gasteiger partial charge in [0.25, 0.3) is 0 Å². The molecule has 3 rings (SSSR count). The number of hydrogen-bond acceptors (Lipinski definition) is 3. The molecule has 1 aliphatic heterocycles. The maximum Gasteiger partial charge on any atom is 0.416 e. The number of halogens is 3. The first-order valence-corrected chi connectivity index (χ1v) is 10.0. The normalized spacial score (nSPS) is 17.7. The second-order valence-corrected chi connectivity index (χ2v) is 7.56. The molecule has 1 aromatic heterocycles. The Balaban J connectivity index is 1.63. The van der Waals surface area contributed by atoms with Crippen LogP contribution in [-0.4, -0.2) is 28.1 Å². The van der Waals surface area contributed by atoms with E-state index >= 15 is 0 Å². The van der Waals surface area contributed by atoms with Crippen molar-refractivity contribution in [2.24, 2.45) is 0 Å². The summed E-state index contributed by atoms with van der Waals surface area (Å²) in [7, 11) is 0. The molecule has 0 bridgehead atoms. The molecule has 3 nitrogen and oxygen atoms in total. The molecule has 0 saturated carbocycles. The number of pyridine rings is 1. The van der Waals surface area contributed by atoms with Crippen LogP contribution in [0, 0.1) is 0 Å². The number of rotatable bonds is 5. The van der Waals surface area contributed by atoms with Gasteiger partial charge in [-0.05, 0) is 48.6 Å². The van der Waals surface area contributed by atoms with Crippen LogP contribution in [0.4, 0.5) is 13.2 Å². The maximum absolute atomic E-state index is 12.8. The van der Waals surface area contributed by atoms with Gasteiger partial charge in [0.15, 0.2) is 0 Å². The summed E-state index contributed by atoms with van der Waals surface area (Å²) in [5.41, 5.74) is 1.17. The topological polar surface area (TPSA) is 33.2 Å².